The summed E-state index contributed by atoms with van der Waals surface area (Å²) >= 11 is 0. The maximum Gasteiger partial charge on any atom is 0.126 e. The normalized spacial score (nSPS) is 19.4. The molecule has 1 saturated heterocycles. The molecule has 1 unspecified atom stereocenters. The fourth-order valence-corrected chi connectivity index (χ4v) is 4.07. The summed E-state index contributed by atoms with van der Waals surface area (Å²) in [6.07, 6.45) is -0.662. The zero-order valence-corrected chi connectivity index (χ0v) is 16.7. The summed E-state index contributed by atoms with van der Waals surface area (Å²) in [5.41, 5.74) is 0.438. The van der Waals surface area contributed by atoms with E-state index in [1.165, 1.54) is 5.56 Å². The third-order valence-corrected chi connectivity index (χ3v) is 5.67. The van der Waals surface area contributed by atoms with Gasteiger partial charge in [-0.25, -0.2) is 8.78 Å². The Morgan fingerprint density at radius 2 is 1.67 bits per heavy atom. The number of hydrogen-bond donors (Lipinski definition) is 1. The molecule has 1 heterocycles. The molecule has 0 saturated carbocycles. The van der Waals surface area contributed by atoms with E-state index in [9.17, 15) is 13.9 Å². The average Bonchev–Trinajstić information content (AvgIpc) is 2.78. The van der Waals surface area contributed by atoms with Gasteiger partial charge in [0.05, 0.1) is 6.61 Å². The Morgan fingerprint density at radius 1 is 0.967 bits per heavy atom. The van der Waals surface area contributed by atoms with Crippen LogP contribution < -0.4 is 0 Å². The lowest BCUT2D eigenvalue weighted by molar-refractivity contribution is -0.150. The number of ether oxygens (including phenoxy) is 1. The molecule has 0 radical (unpaired) electrons. The molecule has 0 aliphatic carbocycles. The van der Waals surface area contributed by atoms with Crippen LogP contribution in [0.25, 0.3) is 0 Å². The van der Waals surface area contributed by atoms with Crippen LogP contribution in [-0.4, -0.2) is 35.8 Å². The van der Waals surface area contributed by atoms with Crippen LogP contribution in [0.1, 0.15) is 16.7 Å². The fraction of sp³-hybridized carbons (Fsp3) is 0.280. The number of morpholine rings is 1. The number of rotatable bonds is 6. The van der Waals surface area contributed by atoms with Crippen molar-refractivity contribution in [3.8, 4) is 0 Å². The summed E-state index contributed by atoms with van der Waals surface area (Å²) in [6.45, 7) is 2.42. The Bertz CT molecular complexity index is 967. The molecule has 156 valence electrons. The van der Waals surface area contributed by atoms with Crippen LogP contribution in [0.3, 0.4) is 0 Å². The molecular weight excluding hydrogens is 384 g/mol. The van der Waals surface area contributed by atoms with Crippen molar-refractivity contribution >= 4 is 0 Å². The second-order valence-corrected chi connectivity index (χ2v) is 7.78. The van der Waals surface area contributed by atoms with Gasteiger partial charge in [0.25, 0.3) is 0 Å². The molecule has 3 aromatic rings. The van der Waals surface area contributed by atoms with Crippen LogP contribution in [0.5, 0.6) is 0 Å². The van der Waals surface area contributed by atoms with E-state index in [0.29, 0.717) is 18.7 Å². The lowest BCUT2D eigenvalue weighted by Gasteiger charge is -2.42. The van der Waals surface area contributed by atoms with E-state index >= 15 is 0 Å². The highest BCUT2D eigenvalue weighted by Crippen LogP contribution is 2.34. The van der Waals surface area contributed by atoms with Crippen LogP contribution in [0.15, 0.2) is 78.9 Å². The van der Waals surface area contributed by atoms with Gasteiger partial charge in [-0.05, 0) is 34.9 Å². The minimum atomic E-state index is -1.49. The molecule has 30 heavy (non-hydrogen) atoms. The van der Waals surface area contributed by atoms with Crippen LogP contribution in [0.4, 0.5) is 8.78 Å². The summed E-state index contributed by atoms with van der Waals surface area (Å²) < 4.78 is 34.2. The molecule has 1 aliphatic heterocycles. The molecule has 5 heteroatoms. The number of hydrogen-bond acceptors (Lipinski definition) is 3. The maximum absolute atomic E-state index is 14.4. The van der Waals surface area contributed by atoms with Crippen molar-refractivity contribution in [3.63, 3.8) is 0 Å². The van der Waals surface area contributed by atoms with Crippen LogP contribution in [0.2, 0.25) is 0 Å². The minimum absolute atomic E-state index is 0.0789. The zero-order chi connectivity index (χ0) is 21.0. The van der Waals surface area contributed by atoms with E-state index in [2.05, 4.69) is 17.0 Å². The van der Waals surface area contributed by atoms with E-state index in [4.69, 9.17) is 4.74 Å². The van der Waals surface area contributed by atoms with Crippen molar-refractivity contribution in [3.05, 3.63) is 107 Å². The van der Waals surface area contributed by atoms with Crippen molar-refractivity contribution in [2.75, 3.05) is 19.7 Å². The Balaban J connectivity index is 1.63. The van der Waals surface area contributed by atoms with Gasteiger partial charge in [0, 0.05) is 26.1 Å². The van der Waals surface area contributed by atoms with E-state index < -0.39 is 23.3 Å². The highest BCUT2D eigenvalue weighted by Gasteiger charge is 2.42. The first-order valence-corrected chi connectivity index (χ1v) is 10.1. The summed E-state index contributed by atoms with van der Waals surface area (Å²) in [5.74, 6) is -1.07. The minimum Gasteiger partial charge on any atom is -0.382 e. The number of aliphatic hydroxyl groups is 1. The van der Waals surface area contributed by atoms with Crippen LogP contribution >= 0.6 is 0 Å². The lowest BCUT2D eigenvalue weighted by atomic mass is 9.81. The van der Waals surface area contributed by atoms with Gasteiger partial charge in [0.1, 0.15) is 23.3 Å². The average molecular weight is 409 g/mol. The summed E-state index contributed by atoms with van der Waals surface area (Å²) in [4.78, 5) is 2.22. The first-order valence-electron chi connectivity index (χ1n) is 10.1. The van der Waals surface area contributed by atoms with E-state index in [0.717, 1.165) is 31.3 Å². The molecular formula is C25H25F2NO2. The highest BCUT2D eigenvalue weighted by molar-refractivity contribution is 5.30. The number of nitrogens with zero attached hydrogens (tertiary/aromatic N) is 1. The van der Waals surface area contributed by atoms with Crippen molar-refractivity contribution in [2.24, 2.45) is 0 Å². The summed E-state index contributed by atoms with van der Waals surface area (Å²) in [6, 6.07) is 22.6. The molecule has 1 fully saturated rings. The Labute approximate surface area is 175 Å². The van der Waals surface area contributed by atoms with E-state index in [1.807, 2.05) is 36.4 Å². The molecule has 1 aliphatic rings. The van der Waals surface area contributed by atoms with Gasteiger partial charge in [-0.15, -0.1) is 0 Å². The molecule has 3 aromatic carbocycles. The van der Waals surface area contributed by atoms with E-state index in [-0.39, 0.29) is 12.0 Å². The second-order valence-electron chi connectivity index (χ2n) is 7.78. The van der Waals surface area contributed by atoms with Gasteiger partial charge >= 0.3 is 0 Å². The summed E-state index contributed by atoms with van der Waals surface area (Å²) in [7, 11) is 0. The van der Waals surface area contributed by atoms with Gasteiger partial charge in [-0.2, -0.15) is 0 Å². The molecule has 1 N–H and O–H groups in total. The maximum atomic E-state index is 14.4. The Hall–Kier alpha value is -2.60. The quantitative estimate of drug-likeness (QED) is 0.659. The smallest absolute Gasteiger partial charge is 0.126 e. The Kier molecular flexibility index (Phi) is 6.23. The number of halogens is 2. The fourth-order valence-electron chi connectivity index (χ4n) is 4.07. The first kappa shape index (κ1) is 20.7. The monoisotopic (exact) mass is 409 g/mol. The third kappa shape index (κ3) is 4.59. The van der Waals surface area contributed by atoms with Crippen molar-refractivity contribution in [1.82, 2.24) is 4.90 Å². The van der Waals surface area contributed by atoms with Gasteiger partial charge in [0.15, 0.2) is 0 Å². The number of benzene rings is 3. The predicted octanol–water partition coefficient (Wildman–Crippen LogP) is 4.30. The van der Waals surface area contributed by atoms with E-state index in [1.54, 1.807) is 12.1 Å². The largest absolute Gasteiger partial charge is 0.382 e. The first-order chi connectivity index (χ1) is 14.5. The molecule has 0 aromatic heterocycles. The predicted molar refractivity (Wildman–Crippen MR) is 112 cm³/mol. The zero-order valence-electron chi connectivity index (χ0n) is 16.7. The molecule has 2 atom stereocenters. The van der Waals surface area contributed by atoms with Gasteiger partial charge in [-0.3, -0.25) is 4.90 Å². The Morgan fingerprint density at radius 3 is 2.40 bits per heavy atom. The standard InChI is InChI=1S/C25H25F2NO2/c26-22-11-12-23(27)20(15-22)16-25(29,21-9-5-2-6-10-21)24-18-28(13-14-30-24)17-19-7-3-1-4-8-19/h1-12,15,24,29H,13-14,16-18H2/t24-,25?/m0/s1. The van der Waals surface area contributed by atoms with Crippen molar-refractivity contribution < 1.29 is 18.6 Å². The molecule has 0 bridgehead atoms. The van der Waals surface area contributed by atoms with Gasteiger partial charge in [-0.1, -0.05) is 60.7 Å². The van der Waals surface area contributed by atoms with Crippen molar-refractivity contribution in [2.45, 2.75) is 24.7 Å². The molecule has 0 amide bonds. The summed E-state index contributed by atoms with van der Waals surface area (Å²) in [5, 5.41) is 11.8. The van der Waals surface area contributed by atoms with Crippen LogP contribution in [0, 0.1) is 11.6 Å². The molecule has 4 rings (SSSR count). The van der Waals surface area contributed by atoms with Crippen LogP contribution in [-0.2, 0) is 23.3 Å². The molecule has 3 nitrogen and oxygen atoms in total. The third-order valence-electron chi connectivity index (χ3n) is 5.67. The highest BCUT2D eigenvalue weighted by atomic mass is 19.1. The lowest BCUT2D eigenvalue weighted by Crippen LogP contribution is -2.53. The van der Waals surface area contributed by atoms with Gasteiger partial charge in [0.2, 0.25) is 0 Å². The topological polar surface area (TPSA) is 32.7 Å². The van der Waals surface area contributed by atoms with Crippen molar-refractivity contribution in [1.29, 1.82) is 0 Å². The SMILES string of the molecule is OC(Cc1cc(F)ccc1F)(c1ccccc1)[C@@H]1CN(Cc2ccccc2)CCO1. The second kappa shape index (κ2) is 9.04. The van der Waals surface area contributed by atoms with Gasteiger partial charge < -0.3 is 9.84 Å². The molecule has 0 spiro atoms.